The van der Waals surface area contributed by atoms with Gasteiger partial charge in [-0.2, -0.15) is 10.4 Å². The highest BCUT2D eigenvalue weighted by atomic mass is 32.1. The Hall–Kier alpha value is -3.85. The van der Waals surface area contributed by atoms with Crippen molar-refractivity contribution in [3.63, 3.8) is 0 Å². The number of methoxy groups -OCH3 is 2. The lowest BCUT2D eigenvalue weighted by Gasteiger charge is -2.09. The number of ether oxygens (including phenoxy) is 3. The van der Waals surface area contributed by atoms with E-state index in [0.717, 1.165) is 0 Å². The molecular weight excluding hydrogens is 410 g/mol. The first-order valence-corrected chi connectivity index (χ1v) is 9.67. The molecule has 0 spiro atoms. The minimum absolute atomic E-state index is 0.196. The van der Waals surface area contributed by atoms with Gasteiger partial charge in [0.15, 0.2) is 6.61 Å². The lowest BCUT2D eigenvalue weighted by Crippen LogP contribution is -2.29. The molecule has 0 aliphatic rings. The van der Waals surface area contributed by atoms with Crippen molar-refractivity contribution in [2.75, 3.05) is 27.4 Å². The number of carbonyl (C=O) groups excluding carboxylic acids is 1. The van der Waals surface area contributed by atoms with E-state index < -0.39 is 0 Å². The zero-order valence-corrected chi connectivity index (χ0v) is 17.0. The van der Waals surface area contributed by atoms with Crippen LogP contribution >= 0.6 is 11.3 Å². The molecule has 4 rings (SSSR count). The second-order valence-electron chi connectivity index (χ2n) is 6.08. The summed E-state index contributed by atoms with van der Waals surface area (Å²) in [4.78, 5) is 17.1. The van der Waals surface area contributed by atoms with Crippen LogP contribution < -0.4 is 19.5 Å². The number of amides is 1. The predicted molar refractivity (Wildman–Crippen MR) is 107 cm³/mol. The minimum atomic E-state index is -0.319. The zero-order valence-electron chi connectivity index (χ0n) is 16.2. The van der Waals surface area contributed by atoms with E-state index >= 15 is 0 Å². The number of aromatic nitrogens is 5. The number of carbonyl (C=O) groups is 1. The molecule has 154 valence electrons. The Morgan fingerprint density at radius 2 is 2.07 bits per heavy atom. The number of hydrogen-bond acceptors (Lipinski definition) is 9. The average Bonchev–Trinajstić information content (AvgIpc) is 3.44. The third kappa shape index (κ3) is 3.83. The van der Waals surface area contributed by atoms with Crippen LogP contribution in [0.1, 0.15) is 6.42 Å². The van der Waals surface area contributed by atoms with E-state index in [4.69, 9.17) is 19.5 Å². The minimum Gasteiger partial charge on any atom is -0.495 e. The molecule has 4 aromatic rings. The summed E-state index contributed by atoms with van der Waals surface area (Å²) in [5.74, 6) is 0.638. The molecule has 1 N–H and O–H groups in total. The smallest absolute Gasteiger partial charge is 0.294 e. The topological polar surface area (TPSA) is 128 Å². The monoisotopic (exact) mass is 427 g/mol. The maximum Gasteiger partial charge on any atom is 0.294 e. The van der Waals surface area contributed by atoms with Crippen LogP contribution in [-0.2, 0) is 4.79 Å². The van der Waals surface area contributed by atoms with Crippen LogP contribution in [0.2, 0.25) is 0 Å². The van der Waals surface area contributed by atoms with Gasteiger partial charge in [0.25, 0.3) is 11.1 Å². The van der Waals surface area contributed by atoms with Crippen molar-refractivity contribution in [2.45, 2.75) is 6.42 Å². The second kappa shape index (κ2) is 8.26. The van der Waals surface area contributed by atoms with Crippen LogP contribution in [0.5, 0.6) is 16.7 Å². The predicted octanol–water partition coefficient (Wildman–Crippen LogP) is 1.53. The average molecular weight is 427 g/mol. The molecule has 4 heterocycles. The molecule has 0 radical (unpaired) electrons. The highest BCUT2D eigenvalue weighted by Crippen LogP contribution is 2.30. The van der Waals surface area contributed by atoms with Gasteiger partial charge in [-0.05, 0) is 17.4 Å². The number of imidazole rings is 1. The molecule has 11 nitrogen and oxygen atoms in total. The maximum atomic E-state index is 11.9. The van der Waals surface area contributed by atoms with Gasteiger partial charge in [0.2, 0.25) is 4.96 Å². The summed E-state index contributed by atoms with van der Waals surface area (Å²) in [6.07, 6.45) is 3.71. The molecule has 1 amide bonds. The Labute approximate surface area is 174 Å². The van der Waals surface area contributed by atoms with Crippen molar-refractivity contribution in [2.24, 2.45) is 0 Å². The SMILES string of the molecule is COc1cc(OCC(=O)NCCC#N)c2cc(-c3cn4nc(OC)sc4n3)nn2c1. The molecule has 4 aromatic heterocycles. The third-order valence-corrected chi connectivity index (χ3v) is 5.01. The van der Waals surface area contributed by atoms with Gasteiger partial charge in [-0.25, -0.2) is 14.0 Å². The Balaban J connectivity index is 1.61. The number of nitrogens with one attached hydrogen (secondary N) is 1. The fourth-order valence-corrected chi connectivity index (χ4v) is 3.43. The molecule has 12 heteroatoms. The summed E-state index contributed by atoms with van der Waals surface area (Å²) in [6.45, 7) is 0.0814. The number of nitrogens with zero attached hydrogens (tertiary/aromatic N) is 6. The molecule has 0 saturated heterocycles. The van der Waals surface area contributed by atoms with E-state index in [-0.39, 0.29) is 25.5 Å². The molecule has 0 bridgehead atoms. The summed E-state index contributed by atoms with van der Waals surface area (Å²) in [5, 5.41) is 20.5. The first-order valence-electron chi connectivity index (χ1n) is 8.85. The van der Waals surface area contributed by atoms with Crippen LogP contribution in [0.3, 0.4) is 0 Å². The lowest BCUT2D eigenvalue weighted by molar-refractivity contribution is -0.123. The van der Waals surface area contributed by atoms with Crippen LogP contribution in [0.25, 0.3) is 21.9 Å². The lowest BCUT2D eigenvalue weighted by atomic mass is 10.3. The molecule has 0 saturated carbocycles. The third-order valence-electron chi connectivity index (χ3n) is 4.13. The van der Waals surface area contributed by atoms with E-state index in [2.05, 4.69) is 20.5 Å². The van der Waals surface area contributed by atoms with Crippen molar-refractivity contribution in [1.29, 1.82) is 5.26 Å². The molecule has 0 aliphatic carbocycles. The van der Waals surface area contributed by atoms with Crippen molar-refractivity contribution < 1.29 is 19.0 Å². The Morgan fingerprint density at radius 3 is 2.80 bits per heavy atom. The Bertz CT molecular complexity index is 1220. The molecule has 0 fully saturated rings. The summed E-state index contributed by atoms with van der Waals surface area (Å²) in [7, 11) is 3.09. The van der Waals surface area contributed by atoms with Crippen molar-refractivity contribution >= 4 is 27.7 Å². The van der Waals surface area contributed by atoms with Gasteiger partial charge in [0.05, 0.1) is 39.1 Å². The van der Waals surface area contributed by atoms with Gasteiger partial charge in [-0.1, -0.05) is 0 Å². The standard InChI is InChI=1S/C18H17N7O4S/c1-27-11-6-15(29-10-16(26)20-5-3-4-19)14-7-12(22-24(14)8-11)13-9-25-17(21-13)30-18(23-25)28-2/h6-9H,3,5,10H2,1-2H3,(H,20,26). The second-order valence-corrected chi connectivity index (χ2v) is 6.99. The highest BCUT2D eigenvalue weighted by molar-refractivity contribution is 7.18. The van der Waals surface area contributed by atoms with Crippen LogP contribution in [0, 0.1) is 11.3 Å². The van der Waals surface area contributed by atoms with Crippen molar-refractivity contribution in [3.05, 3.63) is 24.5 Å². The molecule has 30 heavy (non-hydrogen) atoms. The van der Waals surface area contributed by atoms with Gasteiger partial charge in [-0.3, -0.25) is 4.79 Å². The molecule has 0 aliphatic heterocycles. The Kier molecular flexibility index (Phi) is 5.36. The normalized spacial score (nSPS) is 10.8. The number of fused-ring (bicyclic) bond motifs is 2. The number of pyridine rings is 1. The van der Waals surface area contributed by atoms with Gasteiger partial charge in [-0.15, -0.1) is 5.10 Å². The zero-order chi connectivity index (χ0) is 21.1. The van der Waals surface area contributed by atoms with Gasteiger partial charge < -0.3 is 19.5 Å². The summed E-state index contributed by atoms with van der Waals surface area (Å²) in [5.41, 5.74) is 1.90. The summed E-state index contributed by atoms with van der Waals surface area (Å²) in [6, 6.07) is 5.46. The quantitative estimate of drug-likeness (QED) is 0.419. The fourth-order valence-electron chi connectivity index (χ4n) is 2.73. The largest absolute Gasteiger partial charge is 0.495 e. The van der Waals surface area contributed by atoms with Crippen molar-refractivity contribution in [1.82, 2.24) is 29.5 Å². The number of nitriles is 1. The summed E-state index contributed by atoms with van der Waals surface area (Å²) >= 11 is 1.32. The fraction of sp³-hybridized carbons (Fsp3) is 0.278. The number of hydrogen-bond donors (Lipinski definition) is 1. The van der Waals surface area contributed by atoms with E-state index in [9.17, 15) is 4.79 Å². The highest BCUT2D eigenvalue weighted by Gasteiger charge is 2.16. The van der Waals surface area contributed by atoms with Crippen LogP contribution in [-0.4, -0.2) is 57.5 Å². The van der Waals surface area contributed by atoms with E-state index in [1.54, 1.807) is 34.6 Å². The van der Waals surface area contributed by atoms with Gasteiger partial charge in [0.1, 0.15) is 28.4 Å². The maximum absolute atomic E-state index is 11.9. The first-order chi connectivity index (χ1) is 14.6. The molecule has 0 aromatic carbocycles. The van der Waals surface area contributed by atoms with Crippen LogP contribution in [0.4, 0.5) is 0 Å². The van der Waals surface area contributed by atoms with E-state index in [1.807, 2.05) is 12.1 Å². The van der Waals surface area contributed by atoms with Crippen LogP contribution in [0.15, 0.2) is 24.5 Å². The number of rotatable bonds is 8. The first kappa shape index (κ1) is 19.5. The molecule has 0 atom stereocenters. The summed E-state index contributed by atoms with van der Waals surface area (Å²) < 4.78 is 19.4. The van der Waals surface area contributed by atoms with E-state index in [0.29, 0.717) is 38.6 Å². The van der Waals surface area contributed by atoms with Gasteiger partial charge in [0, 0.05) is 12.6 Å². The Morgan fingerprint density at radius 1 is 1.20 bits per heavy atom. The van der Waals surface area contributed by atoms with Gasteiger partial charge >= 0.3 is 0 Å². The van der Waals surface area contributed by atoms with Crippen molar-refractivity contribution in [3.8, 4) is 34.1 Å². The van der Waals surface area contributed by atoms with E-state index in [1.165, 1.54) is 18.4 Å². The molecule has 0 unspecified atom stereocenters. The molecular formula is C18H17N7O4S.